The molecule has 0 aromatic carbocycles. The minimum absolute atomic E-state index is 0.0475. The van der Waals surface area contributed by atoms with E-state index in [-0.39, 0.29) is 18.2 Å². The molecule has 0 saturated heterocycles. The van der Waals surface area contributed by atoms with E-state index in [4.69, 9.17) is 5.11 Å². The smallest absolute Gasteiger partial charge is 0.303 e. The first kappa shape index (κ1) is 14.2. The summed E-state index contributed by atoms with van der Waals surface area (Å²) in [6.45, 7) is 4.10. The largest absolute Gasteiger partial charge is 0.481 e. The number of aliphatic carboxylic acids is 1. The van der Waals surface area contributed by atoms with Crippen molar-refractivity contribution in [1.29, 1.82) is 0 Å². The van der Waals surface area contributed by atoms with Crippen LogP contribution in [-0.2, 0) is 18.3 Å². The summed E-state index contributed by atoms with van der Waals surface area (Å²) in [5.41, 5.74) is 1.36. The lowest BCUT2D eigenvalue weighted by Crippen LogP contribution is -2.30. The number of carbonyl (C=O) groups excluding carboxylic acids is 1. The van der Waals surface area contributed by atoms with E-state index < -0.39 is 5.97 Å². The Morgan fingerprint density at radius 1 is 1.56 bits per heavy atom. The van der Waals surface area contributed by atoms with Crippen molar-refractivity contribution in [3.05, 3.63) is 17.5 Å². The van der Waals surface area contributed by atoms with Crippen molar-refractivity contribution < 1.29 is 14.7 Å². The summed E-state index contributed by atoms with van der Waals surface area (Å²) in [7, 11) is 1.72. The summed E-state index contributed by atoms with van der Waals surface area (Å²) in [6.07, 6.45) is 0.822. The van der Waals surface area contributed by atoms with Crippen molar-refractivity contribution >= 4 is 11.9 Å². The Morgan fingerprint density at radius 2 is 2.22 bits per heavy atom. The van der Waals surface area contributed by atoms with Crippen molar-refractivity contribution in [3.8, 4) is 0 Å². The average molecular weight is 253 g/mol. The molecule has 0 aliphatic rings. The Labute approximate surface area is 106 Å². The van der Waals surface area contributed by atoms with E-state index in [0.29, 0.717) is 12.2 Å². The van der Waals surface area contributed by atoms with Crippen LogP contribution in [0, 0.1) is 5.92 Å². The first-order valence-electron chi connectivity index (χ1n) is 5.97. The Balaban J connectivity index is 2.54. The number of rotatable bonds is 6. The van der Waals surface area contributed by atoms with Crippen LogP contribution in [0.5, 0.6) is 0 Å². The molecule has 0 aliphatic heterocycles. The van der Waals surface area contributed by atoms with Crippen molar-refractivity contribution in [2.45, 2.75) is 26.7 Å². The molecule has 2 N–H and O–H groups in total. The van der Waals surface area contributed by atoms with Gasteiger partial charge in [0.25, 0.3) is 5.91 Å². The number of aryl methyl sites for hydroxylation is 2. The number of carbonyl (C=O) groups is 2. The van der Waals surface area contributed by atoms with E-state index in [0.717, 1.165) is 12.1 Å². The molecular weight excluding hydrogens is 234 g/mol. The molecule has 6 heteroatoms. The van der Waals surface area contributed by atoms with Crippen molar-refractivity contribution in [2.24, 2.45) is 13.0 Å². The monoisotopic (exact) mass is 253 g/mol. The summed E-state index contributed by atoms with van der Waals surface area (Å²) in [4.78, 5) is 22.4. The van der Waals surface area contributed by atoms with E-state index in [1.54, 1.807) is 20.0 Å². The van der Waals surface area contributed by atoms with Gasteiger partial charge in [0.2, 0.25) is 0 Å². The quantitative estimate of drug-likeness (QED) is 0.786. The van der Waals surface area contributed by atoms with Gasteiger partial charge in [-0.25, -0.2) is 0 Å². The van der Waals surface area contributed by atoms with E-state index in [1.165, 1.54) is 4.68 Å². The highest BCUT2D eigenvalue weighted by Gasteiger charge is 2.14. The fraction of sp³-hybridized carbons (Fsp3) is 0.583. The van der Waals surface area contributed by atoms with Gasteiger partial charge in [0.1, 0.15) is 5.69 Å². The van der Waals surface area contributed by atoms with Crippen LogP contribution in [0.25, 0.3) is 0 Å². The minimum atomic E-state index is -0.856. The van der Waals surface area contributed by atoms with Gasteiger partial charge in [0.15, 0.2) is 0 Å². The van der Waals surface area contributed by atoms with Crippen LogP contribution in [0.15, 0.2) is 6.07 Å². The van der Waals surface area contributed by atoms with Gasteiger partial charge >= 0.3 is 5.97 Å². The average Bonchev–Trinajstić information content (AvgIpc) is 2.66. The molecule has 0 aliphatic carbocycles. The summed E-state index contributed by atoms with van der Waals surface area (Å²) in [6, 6.07) is 1.75. The predicted molar refractivity (Wildman–Crippen MR) is 66.3 cm³/mol. The zero-order valence-electron chi connectivity index (χ0n) is 10.9. The first-order chi connectivity index (χ1) is 8.43. The number of hydrogen-bond acceptors (Lipinski definition) is 3. The van der Waals surface area contributed by atoms with E-state index in [2.05, 4.69) is 10.4 Å². The van der Waals surface area contributed by atoms with Crippen molar-refractivity contribution in [1.82, 2.24) is 15.1 Å². The summed E-state index contributed by atoms with van der Waals surface area (Å²) >= 11 is 0. The molecule has 1 amide bonds. The molecule has 1 unspecified atom stereocenters. The molecule has 1 aromatic heterocycles. The lowest BCUT2D eigenvalue weighted by molar-refractivity contribution is -0.137. The molecule has 0 spiro atoms. The molecule has 0 fully saturated rings. The Hall–Kier alpha value is -1.85. The fourth-order valence-electron chi connectivity index (χ4n) is 1.64. The second-order valence-corrected chi connectivity index (χ2v) is 4.41. The summed E-state index contributed by atoms with van der Waals surface area (Å²) < 4.78 is 1.54. The van der Waals surface area contributed by atoms with E-state index >= 15 is 0 Å². The maximum atomic E-state index is 11.9. The molecule has 6 nitrogen and oxygen atoms in total. The molecule has 1 rings (SSSR count). The van der Waals surface area contributed by atoms with Crippen molar-refractivity contribution in [2.75, 3.05) is 6.54 Å². The molecule has 1 heterocycles. The predicted octanol–water partition coefficient (Wildman–Crippen LogP) is 0.823. The number of carboxylic acids is 1. The highest BCUT2D eigenvalue weighted by atomic mass is 16.4. The normalized spacial score (nSPS) is 12.2. The zero-order chi connectivity index (χ0) is 13.7. The second-order valence-electron chi connectivity index (χ2n) is 4.41. The zero-order valence-corrected chi connectivity index (χ0v) is 10.9. The van der Waals surface area contributed by atoms with E-state index in [1.807, 2.05) is 6.92 Å². The Morgan fingerprint density at radius 3 is 2.72 bits per heavy atom. The van der Waals surface area contributed by atoms with Crippen LogP contribution in [0.1, 0.15) is 36.5 Å². The molecule has 0 saturated carbocycles. The van der Waals surface area contributed by atoms with Gasteiger partial charge < -0.3 is 10.4 Å². The lowest BCUT2D eigenvalue weighted by atomic mass is 10.1. The first-order valence-corrected chi connectivity index (χ1v) is 5.97. The summed E-state index contributed by atoms with van der Waals surface area (Å²) in [5.74, 6) is -1.17. The van der Waals surface area contributed by atoms with Crippen molar-refractivity contribution in [3.63, 3.8) is 0 Å². The number of nitrogens with one attached hydrogen (secondary N) is 1. The number of amides is 1. The van der Waals surface area contributed by atoms with Crippen LogP contribution in [0.3, 0.4) is 0 Å². The lowest BCUT2D eigenvalue weighted by Gasteiger charge is -2.10. The van der Waals surface area contributed by atoms with Gasteiger partial charge in [-0.2, -0.15) is 5.10 Å². The summed E-state index contributed by atoms with van der Waals surface area (Å²) in [5, 5.41) is 15.5. The number of nitrogens with zero attached hydrogens (tertiary/aromatic N) is 2. The van der Waals surface area contributed by atoms with Gasteiger partial charge in [-0.3, -0.25) is 14.3 Å². The minimum Gasteiger partial charge on any atom is -0.481 e. The SMILES string of the molecule is CCc1cc(C(=O)NCC(C)CC(=O)O)n(C)n1. The van der Waals surface area contributed by atoms with Gasteiger partial charge in [-0.15, -0.1) is 0 Å². The molecule has 1 atom stereocenters. The van der Waals surface area contributed by atoms with Gasteiger partial charge in [-0.05, 0) is 18.4 Å². The van der Waals surface area contributed by atoms with Crippen LogP contribution < -0.4 is 5.32 Å². The third-order valence-electron chi connectivity index (χ3n) is 2.66. The highest BCUT2D eigenvalue weighted by Crippen LogP contribution is 2.05. The van der Waals surface area contributed by atoms with Crippen LogP contribution in [0.4, 0.5) is 0 Å². The topological polar surface area (TPSA) is 84.2 Å². The molecule has 1 aromatic rings. The Bertz CT molecular complexity index is 440. The third-order valence-corrected chi connectivity index (χ3v) is 2.66. The highest BCUT2D eigenvalue weighted by molar-refractivity contribution is 5.92. The van der Waals surface area contributed by atoms with Crippen LogP contribution in [0.2, 0.25) is 0 Å². The number of aromatic nitrogens is 2. The van der Waals surface area contributed by atoms with Gasteiger partial charge in [-0.1, -0.05) is 13.8 Å². The van der Waals surface area contributed by atoms with Gasteiger partial charge in [0, 0.05) is 20.0 Å². The molecule has 0 bridgehead atoms. The second kappa shape index (κ2) is 6.18. The van der Waals surface area contributed by atoms with E-state index in [9.17, 15) is 9.59 Å². The maximum absolute atomic E-state index is 11.9. The molecule has 100 valence electrons. The fourth-order valence-corrected chi connectivity index (χ4v) is 1.64. The number of carboxylic acid groups (broad SMARTS) is 1. The van der Waals surface area contributed by atoms with Crippen LogP contribution >= 0.6 is 0 Å². The van der Waals surface area contributed by atoms with Gasteiger partial charge in [0.05, 0.1) is 5.69 Å². The number of hydrogen-bond donors (Lipinski definition) is 2. The molecule has 0 radical (unpaired) electrons. The Kier molecular flexibility index (Phi) is 4.88. The van der Waals surface area contributed by atoms with Crippen LogP contribution in [-0.4, -0.2) is 33.3 Å². The maximum Gasteiger partial charge on any atom is 0.303 e. The molecule has 18 heavy (non-hydrogen) atoms. The molecular formula is C12H19N3O3. The third kappa shape index (κ3) is 3.87. The standard InChI is InChI=1S/C12H19N3O3/c1-4-9-6-10(15(3)14-9)12(18)13-7-8(2)5-11(16)17/h6,8H,4-5,7H2,1-3H3,(H,13,18)(H,16,17).